The average Bonchev–Trinajstić information content (AvgIpc) is 3.06. The maximum Gasteiger partial charge on any atom is 0.269 e. The second-order valence-electron chi connectivity index (χ2n) is 5.33. The molecule has 0 spiro atoms. The normalized spacial score (nSPS) is 10.6. The maximum absolute atomic E-state index is 14.3. The molecule has 0 aliphatic carbocycles. The van der Waals surface area contributed by atoms with Crippen molar-refractivity contribution < 1.29 is 23.0 Å². The first-order valence-electron chi connectivity index (χ1n) is 7.53. The van der Waals surface area contributed by atoms with Crippen LogP contribution in [0.1, 0.15) is 10.5 Å². The van der Waals surface area contributed by atoms with Gasteiger partial charge >= 0.3 is 0 Å². The SMILES string of the molecule is COc1ccc(OC)c(-c2cc(C(N)=O)nn2-c2c(F)cccc2F)c1. The molecule has 3 aromatic rings. The van der Waals surface area contributed by atoms with Gasteiger partial charge in [-0.15, -0.1) is 0 Å². The standard InChI is InChI=1S/C18H15F2N3O3/c1-25-10-6-7-16(26-2)11(8-10)15-9-14(18(21)24)22-23(15)17-12(19)4-3-5-13(17)20/h3-9H,1-2H3,(H2,21,24). The molecule has 0 aliphatic heterocycles. The zero-order valence-electron chi connectivity index (χ0n) is 14.0. The number of aromatic nitrogens is 2. The molecule has 3 rings (SSSR count). The van der Waals surface area contributed by atoms with Crippen LogP contribution in [-0.4, -0.2) is 29.9 Å². The van der Waals surface area contributed by atoms with Gasteiger partial charge in [0.1, 0.15) is 17.2 Å². The molecule has 1 aromatic heterocycles. The Hall–Kier alpha value is -3.42. The van der Waals surface area contributed by atoms with Crippen LogP contribution in [0.25, 0.3) is 16.9 Å². The van der Waals surface area contributed by atoms with Gasteiger partial charge in [-0.25, -0.2) is 13.5 Å². The van der Waals surface area contributed by atoms with Gasteiger partial charge in [-0.05, 0) is 36.4 Å². The summed E-state index contributed by atoms with van der Waals surface area (Å²) in [6.07, 6.45) is 0. The smallest absolute Gasteiger partial charge is 0.269 e. The molecule has 0 atom stereocenters. The van der Waals surface area contributed by atoms with E-state index in [4.69, 9.17) is 15.2 Å². The molecule has 0 saturated carbocycles. The molecular formula is C18H15F2N3O3. The second-order valence-corrected chi connectivity index (χ2v) is 5.33. The highest BCUT2D eigenvalue weighted by Crippen LogP contribution is 2.35. The van der Waals surface area contributed by atoms with Crippen LogP contribution in [0.4, 0.5) is 8.78 Å². The van der Waals surface area contributed by atoms with Crippen molar-refractivity contribution >= 4 is 5.91 Å². The predicted octanol–water partition coefficient (Wildman–Crippen LogP) is 2.93. The molecule has 2 N–H and O–H groups in total. The van der Waals surface area contributed by atoms with Crippen molar-refractivity contribution in [3.63, 3.8) is 0 Å². The van der Waals surface area contributed by atoms with E-state index in [0.717, 1.165) is 16.8 Å². The summed E-state index contributed by atoms with van der Waals surface area (Å²) in [6, 6.07) is 9.67. The summed E-state index contributed by atoms with van der Waals surface area (Å²) in [5, 5.41) is 3.97. The Kier molecular flexibility index (Phi) is 4.57. The van der Waals surface area contributed by atoms with Crippen LogP contribution < -0.4 is 15.2 Å². The fourth-order valence-corrected chi connectivity index (χ4v) is 2.57. The number of rotatable bonds is 5. The van der Waals surface area contributed by atoms with Gasteiger partial charge in [-0.2, -0.15) is 5.10 Å². The van der Waals surface area contributed by atoms with Crippen LogP contribution in [0.2, 0.25) is 0 Å². The van der Waals surface area contributed by atoms with E-state index in [1.165, 1.54) is 26.4 Å². The highest BCUT2D eigenvalue weighted by Gasteiger charge is 2.22. The van der Waals surface area contributed by atoms with Gasteiger partial charge in [0.05, 0.1) is 19.9 Å². The van der Waals surface area contributed by atoms with Crippen LogP contribution in [0.3, 0.4) is 0 Å². The molecule has 0 bridgehead atoms. The Balaban J connectivity index is 2.34. The average molecular weight is 359 g/mol. The summed E-state index contributed by atoms with van der Waals surface area (Å²) >= 11 is 0. The Morgan fingerprint density at radius 3 is 2.35 bits per heavy atom. The molecule has 0 saturated heterocycles. The molecular weight excluding hydrogens is 344 g/mol. The monoisotopic (exact) mass is 359 g/mol. The number of benzene rings is 2. The quantitative estimate of drug-likeness (QED) is 0.760. The van der Waals surface area contributed by atoms with E-state index in [9.17, 15) is 13.6 Å². The van der Waals surface area contributed by atoms with Crippen molar-refractivity contribution in [3.8, 4) is 28.4 Å². The highest BCUT2D eigenvalue weighted by atomic mass is 19.1. The topological polar surface area (TPSA) is 79.4 Å². The number of amides is 1. The maximum atomic E-state index is 14.3. The zero-order valence-corrected chi connectivity index (χ0v) is 14.0. The third-order valence-corrected chi connectivity index (χ3v) is 3.79. The molecule has 2 aromatic carbocycles. The van der Waals surface area contributed by atoms with Gasteiger partial charge in [0, 0.05) is 5.56 Å². The van der Waals surface area contributed by atoms with Crippen molar-refractivity contribution in [2.24, 2.45) is 5.73 Å². The van der Waals surface area contributed by atoms with Crippen LogP contribution in [0, 0.1) is 11.6 Å². The first-order valence-corrected chi connectivity index (χ1v) is 7.53. The zero-order chi connectivity index (χ0) is 18.8. The molecule has 1 amide bonds. The summed E-state index contributed by atoms with van der Waals surface area (Å²) in [4.78, 5) is 11.6. The predicted molar refractivity (Wildman–Crippen MR) is 90.5 cm³/mol. The fraction of sp³-hybridized carbons (Fsp3) is 0.111. The number of hydrogen-bond donors (Lipinski definition) is 1. The number of para-hydroxylation sites is 1. The lowest BCUT2D eigenvalue weighted by Gasteiger charge is -2.13. The number of ether oxygens (including phenoxy) is 2. The van der Waals surface area contributed by atoms with E-state index >= 15 is 0 Å². The molecule has 0 fully saturated rings. The number of nitrogens with two attached hydrogens (primary N) is 1. The van der Waals surface area contributed by atoms with E-state index < -0.39 is 23.2 Å². The van der Waals surface area contributed by atoms with Gasteiger partial charge in [0.25, 0.3) is 5.91 Å². The van der Waals surface area contributed by atoms with E-state index in [2.05, 4.69) is 5.10 Å². The van der Waals surface area contributed by atoms with E-state index in [1.807, 2.05) is 0 Å². The van der Waals surface area contributed by atoms with E-state index in [1.54, 1.807) is 18.2 Å². The lowest BCUT2D eigenvalue weighted by Crippen LogP contribution is -2.13. The Morgan fingerprint density at radius 2 is 1.77 bits per heavy atom. The molecule has 8 heteroatoms. The molecule has 0 aliphatic rings. The number of primary amides is 1. The van der Waals surface area contributed by atoms with Gasteiger partial charge in [0.15, 0.2) is 17.3 Å². The van der Waals surface area contributed by atoms with E-state index in [0.29, 0.717) is 17.1 Å². The van der Waals surface area contributed by atoms with Gasteiger partial charge in [-0.1, -0.05) is 6.07 Å². The van der Waals surface area contributed by atoms with Crippen molar-refractivity contribution in [3.05, 3.63) is 59.8 Å². The summed E-state index contributed by atoms with van der Waals surface area (Å²) in [6.45, 7) is 0. The molecule has 134 valence electrons. The third kappa shape index (κ3) is 2.97. The van der Waals surface area contributed by atoms with Crippen LogP contribution in [-0.2, 0) is 0 Å². The summed E-state index contributed by atoms with van der Waals surface area (Å²) < 4.78 is 40.1. The van der Waals surface area contributed by atoms with Crippen molar-refractivity contribution in [2.75, 3.05) is 14.2 Å². The molecule has 0 radical (unpaired) electrons. The number of methoxy groups -OCH3 is 2. The fourth-order valence-electron chi connectivity index (χ4n) is 2.57. The Labute approximate surface area is 147 Å². The number of carbonyl (C=O) groups excluding carboxylic acids is 1. The Bertz CT molecular complexity index is 966. The van der Waals surface area contributed by atoms with Crippen molar-refractivity contribution in [2.45, 2.75) is 0 Å². The first-order chi connectivity index (χ1) is 12.5. The number of nitrogens with zero attached hydrogens (tertiary/aromatic N) is 2. The number of halogens is 2. The van der Waals surface area contributed by atoms with Crippen LogP contribution >= 0.6 is 0 Å². The van der Waals surface area contributed by atoms with E-state index in [-0.39, 0.29) is 11.4 Å². The molecule has 0 unspecified atom stereocenters. The van der Waals surface area contributed by atoms with Crippen LogP contribution in [0.15, 0.2) is 42.5 Å². The summed E-state index contributed by atoms with van der Waals surface area (Å²) in [5.74, 6) is -1.62. The van der Waals surface area contributed by atoms with Gasteiger partial charge < -0.3 is 15.2 Å². The lowest BCUT2D eigenvalue weighted by molar-refractivity contribution is 0.0995. The second kappa shape index (κ2) is 6.83. The number of hydrogen-bond acceptors (Lipinski definition) is 4. The minimum Gasteiger partial charge on any atom is -0.497 e. The molecule has 26 heavy (non-hydrogen) atoms. The summed E-state index contributed by atoms with van der Waals surface area (Å²) in [7, 11) is 2.93. The minimum atomic E-state index is -0.841. The third-order valence-electron chi connectivity index (χ3n) is 3.79. The lowest BCUT2D eigenvalue weighted by atomic mass is 10.1. The minimum absolute atomic E-state index is 0.146. The molecule has 1 heterocycles. The van der Waals surface area contributed by atoms with Crippen molar-refractivity contribution in [1.29, 1.82) is 0 Å². The highest BCUT2D eigenvalue weighted by molar-refractivity contribution is 5.92. The first kappa shape index (κ1) is 17.4. The number of carbonyl (C=O) groups is 1. The molecule has 6 nitrogen and oxygen atoms in total. The van der Waals surface area contributed by atoms with Crippen LogP contribution in [0.5, 0.6) is 11.5 Å². The van der Waals surface area contributed by atoms with Crippen molar-refractivity contribution in [1.82, 2.24) is 9.78 Å². The largest absolute Gasteiger partial charge is 0.497 e. The van der Waals surface area contributed by atoms with Gasteiger partial charge in [-0.3, -0.25) is 4.79 Å². The van der Waals surface area contributed by atoms with Gasteiger partial charge in [0.2, 0.25) is 0 Å². The Morgan fingerprint density at radius 1 is 1.08 bits per heavy atom. The summed E-state index contributed by atoms with van der Waals surface area (Å²) in [5.41, 5.74) is 5.37.